The Morgan fingerprint density at radius 1 is 1.26 bits per heavy atom. The van der Waals surface area contributed by atoms with Crippen molar-refractivity contribution in [3.63, 3.8) is 0 Å². The van der Waals surface area contributed by atoms with Crippen molar-refractivity contribution in [3.05, 3.63) is 58.9 Å². The fourth-order valence-corrected chi connectivity index (χ4v) is 3.71. The minimum Gasteiger partial charge on any atom is -0.346 e. The van der Waals surface area contributed by atoms with Crippen LogP contribution in [0.25, 0.3) is 10.2 Å². The molecule has 2 atom stereocenters. The van der Waals surface area contributed by atoms with Crippen LogP contribution in [0, 0.1) is 0 Å². The lowest BCUT2D eigenvalue weighted by Gasteiger charge is -2.17. The lowest BCUT2D eigenvalue weighted by molar-refractivity contribution is 0.0930. The van der Waals surface area contributed by atoms with Crippen LogP contribution in [0.15, 0.2) is 42.0 Å². The largest absolute Gasteiger partial charge is 0.346 e. The molecule has 4 rings (SSSR count). The van der Waals surface area contributed by atoms with E-state index in [0.29, 0.717) is 5.69 Å². The molecular weight excluding hydrogens is 332 g/mol. The number of halogens is 1. The summed E-state index contributed by atoms with van der Waals surface area (Å²) in [6.45, 7) is 0. The summed E-state index contributed by atoms with van der Waals surface area (Å²) in [5, 5.41) is 5.72. The Labute approximate surface area is 143 Å². The number of hydrogen-bond donors (Lipinski definition) is 2. The first-order chi connectivity index (χ1) is 10.7. The first-order valence-electron chi connectivity index (χ1n) is 7.06. The highest BCUT2D eigenvalue weighted by atomic mass is 35.5. The molecule has 118 valence electrons. The number of amides is 1. The topological polar surface area (TPSA) is 80.9 Å². The van der Waals surface area contributed by atoms with Crippen molar-refractivity contribution in [2.24, 2.45) is 5.73 Å². The molecule has 0 bridgehead atoms. The molecule has 23 heavy (non-hydrogen) atoms. The van der Waals surface area contributed by atoms with E-state index in [4.69, 9.17) is 5.73 Å². The van der Waals surface area contributed by atoms with Crippen LogP contribution in [-0.2, 0) is 6.42 Å². The Morgan fingerprint density at radius 3 is 2.91 bits per heavy atom. The molecular formula is C16H15ClN4OS. The molecule has 0 unspecified atom stereocenters. The van der Waals surface area contributed by atoms with Gasteiger partial charge in [0.25, 0.3) is 5.91 Å². The molecule has 0 fully saturated rings. The highest BCUT2D eigenvalue weighted by Crippen LogP contribution is 2.29. The SMILES string of the molecule is Cl.N[C@@H]1c2ccccc2C[C@H]1NC(=O)c1ncnc2sccc12. The van der Waals surface area contributed by atoms with E-state index in [2.05, 4.69) is 21.4 Å². The van der Waals surface area contributed by atoms with Crippen molar-refractivity contribution in [1.82, 2.24) is 15.3 Å². The smallest absolute Gasteiger partial charge is 0.270 e. The number of fused-ring (bicyclic) bond motifs is 2. The second-order valence-electron chi connectivity index (χ2n) is 5.37. The molecule has 1 aromatic carbocycles. The molecule has 7 heteroatoms. The minimum absolute atomic E-state index is 0. The van der Waals surface area contributed by atoms with E-state index in [1.54, 1.807) is 0 Å². The Hall–Kier alpha value is -2.02. The van der Waals surface area contributed by atoms with Crippen molar-refractivity contribution in [2.45, 2.75) is 18.5 Å². The fraction of sp³-hybridized carbons (Fsp3) is 0.188. The van der Waals surface area contributed by atoms with Crippen LogP contribution in [0.4, 0.5) is 0 Å². The van der Waals surface area contributed by atoms with Crippen LogP contribution in [-0.4, -0.2) is 21.9 Å². The van der Waals surface area contributed by atoms with E-state index >= 15 is 0 Å². The molecule has 5 nitrogen and oxygen atoms in total. The predicted molar refractivity (Wildman–Crippen MR) is 93.0 cm³/mol. The van der Waals surface area contributed by atoms with Crippen molar-refractivity contribution < 1.29 is 4.79 Å². The Morgan fingerprint density at radius 2 is 2.09 bits per heavy atom. The molecule has 0 aliphatic heterocycles. The summed E-state index contributed by atoms with van der Waals surface area (Å²) in [4.78, 5) is 21.7. The van der Waals surface area contributed by atoms with Gasteiger partial charge in [0.15, 0.2) is 0 Å². The van der Waals surface area contributed by atoms with E-state index in [1.807, 2.05) is 29.6 Å². The molecule has 0 saturated heterocycles. The summed E-state index contributed by atoms with van der Waals surface area (Å²) in [6.07, 6.45) is 2.18. The van der Waals surface area contributed by atoms with Gasteiger partial charge < -0.3 is 11.1 Å². The van der Waals surface area contributed by atoms with E-state index in [1.165, 1.54) is 23.2 Å². The van der Waals surface area contributed by atoms with Gasteiger partial charge in [0.05, 0.1) is 12.1 Å². The average Bonchev–Trinajstić information content (AvgIpc) is 3.13. The quantitative estimate of drug-likeness (QED) is 0.747. The Kier molecular flexibility index (Phi) is 4.30. The molecule has 1 aliphatic carbocycles. The fourth-order valence-electron chi connectivity index (χ4n) is 2.97. The molecule has 1 amide bonds. The van der Waals surface area contributed by atoms with Crippen LogP contribution in [0.1, 0.15) is 27.7 Å². The van der Waals surface area contributed by atoms with Crippen molar-refractivity contribution in [2.75, 3.05) is 0 Å². The highest BCUT2D eigenvalue weighted by molar-refractivity contribution is 7.16. The summed E-state index contributed by atoms with van der Waals surface area (Å²) in [5.74, 6) is -0.195. The first-order valence-corrected chi connectivity index (χ1v) is 7.94. The first kappa shape index (κ1) is 15.9. The third-order valence-corrected chi connectivity index (χ3v) is 4.90. The number of carbonyl (C=O) groups excluding carboxylic acids is 1. The molecule has 3 N–H and O–H groups in total. The van der Waals surface area contributed by atoms with E-state index in [9.17, 15) is 4.79 Å². The highest BCUT2D eigenvalue weighted by Gasteiger charge is 2.31. The molecule has 0 saturated carbocycles. The van der Waals surface area contributed by atoms with Gasteiger partial charge >= 0.3 is 0 Å². The van der Waals surface area contributed by atoms with Gasteiger partial charge in [0.2, 0.25) is 0 Å². The van der Waals surface area contributed by atoms with Gasteiger partial charge in [0, 0.05) is 5.39 Å². The lowest BCUT2D eigenvalue weighted by Crippen LogP contribution is -2.41. The van der Waals surface area contributed by atoms with Gasteiger partial charge in [-0.15, -0.1) is 23.7 Å². The van der Waals surface area contributed by atoms with Crippen molar-refractivity contribution in [3.8, 4) is 0 Å². The maximum absolute atomic E-state index is 12.6. The minimum atomic E-state index is -0.195. The second-order valence-corrected chi connectivity index (χ2v) is 6.26. The number of thiophene rings is 1. The van der Waals surface area contributed by atoms with Crippen LogP contribution in [0.5, 0.6) is 0 Å². The number of carbonyl (C=O) groups is 1. The van der Waals surface area contributed by atoms with Crippen LogP contribution < -0.4 is 11.1 Å². The van der Waals surface area contributed by atoms with Gasteiger partial charge in [0.1, 0.15) is 16.9 Å². The number of hydrogen-bond acceptors (Lipinski definition) is 5. The molecule has 0 spiro atoms. The number of rotatable bonds is 2. The van der Waals surface area contributed by atoms with Gasteiger partial charge in [-0.25, -0.2) is 9.97 Å². The number of nitrogens with two attached hydrogens (primary N) is 1. The third kappa shape index (κ3) is 2.69. The standard InChI is InChI=1S/C16H14N4OS.ClH/c17-13-10-4-2-1-3-9(10)7-12(13)20-15(21)14-11-5-6-22-16(11)19-8-18-14;/h1-6,8,12-13H,7,17H2,(H,20,21);1H/t12-,13-;/m1./s1. The van der Waals surface area contributed by atoms with Crippen molar-refractivity contribution >= 4 is 39.9 Å². The molecule has 2 heterocycles. The zero-order valence-corrected chi connectivity index (χ0v) is 13.7. The molecule has 3 aromatic rings. The van der Waals surface area contributed by atoms with Gasteiger partial charge in [-0.05, 0) is 29.0 Å². The van der Waals surface area contributed by atoms with Crippen LogP contribution in [0.2, 0.25) is 0 Å². The van der Waals surface area contributed by atoms with E-state index in [0.717, 1.165) is 22.2 Å². The van der Waals surface area contributed by atoms with Crippen LogP contribution >= 0.6 is 23.7 Å². The monoisotopic (exact) mass is 346 g/mol. The summed E-state index contributed by atoms with van der Waals surface area (Å²) in [7, 11) is 0. The zero-order valence-electron chi connectivity index (χ0n) is 12.1. The van der Waals surface area contributed by atoms with Gasteiger partial charge in [-0.3, -0.25) is 4.79 Å². The second kappa shape index (κ2) is 6.23. The van der Waals surface area contributed by atoms with E-state index in [-0.39, 0.29) is 30.4 Å². The molecule has 2 aromatic heterocycles. The zero-order chi connectivity index (χ0) is 15.1. The normalized spacial score (nSPS) is 19.2. The summed E-state index contributed by atoms with van der Waals surface area (Å²) < 4.78 is 0. The predicted octanol–water partition coefficient (Wildman–Crippen LogP) is 2.47. The van der Waals surface area contributed by atoms with Gasteiger partial charge in [-0.1, -0.05) is 24.3 Å². The number of nitrogens with one attached hydrogen (secondary N) is 1. The summed E-state index contributed by atoms with van der Waals surface area (Å²) in [5.41, 5.74) is 8.98. The summed E-state index contributed by atoms with van der Waals surface area (Å²) >= 11 is 1.50. The van der Waals surface area contributed by atoms with Crippen molar-refractivity contribution in [1.29, 1.82) is 0 Å². The number of aromatic nitrogens is 2. The average molecular weight is 347 g/mol. The number of nitrogens with zero attached hydrogens (tertiary/aromatic N) is 2. The maximum atomic E-state index is 12.6. The Bertz CT molecular complexity index is 866. The third-order valence-electron chi connectivity index (χ3n) is 4.08. The maximum Gasteiger partial charge on any atom is 0.270 e. The van der Waals surface area contributed by atoms with Gasteiger partial charge in [-0.2, -0.15) is 0 Å². The lowest BCUT2D eigenvalue weighted by atomic mass is 10.1. The molecule has 1 aliphatic rings. The molecule has 0 radical (unpaired) electrons. The Balaban J connectivity index is 0.00000156. The van der Waals surface area contributed by atoms with E-state index < -0.39 is 0 Å². The van der Waals surface area contributed by atoms with Crippen LogP contribution in [0.3, 0.4) is 0 Å². The summed E-state index contributed by atoms with van der Waals surface area (Å²) in [6, 6.07) is 9.64. The number of benzene rings is 1.